The topological polar surface area (TPSA) is 77.0 Å². The molecule has 1 saturated carbocycles. The fraction of sp³-hybridized carbons (Fsp3) is 0.722. The van der Waals surface area contributed by atoms with Gasteiger partial charge in [-0.15, -0.1) is 0 Å². The molecule has 7 heteroatoms. The standard InChI is InChI=1S/C18H29N5O2/c1-4-22(3)9-7-20-18(19-2)21-8-10-23-16(24)14-12-5-6-13(11-12)15(14)17(23)25/h5-6,12-15H,4,7-11H2,1-3H3,(H2,19,20,21). The summed E-state index contributed by atoms with van der Waals surface area (Å²) < 4.78 is 0. The van der Waals surface area contributed by atoms with Crippen LogP contribution >= 0.6 is 0 Å². The Morgan fingerprint density at radius 1 is 1.20 bits per heavy atom. The molecule has 7 nitrogen and oxygen atoms in total. The summed E-state index contributed by atoms with van der Waals surface area (Å²) >= 11 is 0. The summed E-state index contributed by atoms with van der Waals surface area (Å²) in [5.41, 5.74) is 0. The molecule has 1 saturated heterocycles. The van der Waals surface area contributed by atoms with E-state index in [9.17, 15) is 9.59 Å². The molecule has 2 aliphatic carbocycles. The van der Waals surface area contributed by atoms with Gasteiger partial charge < -0.3 is 15.5 Å². The Morgan fingerprint density at radius 2 is 1.80 bits per heavy atom. The van der Waals surface area contributed by atoms with Gasteiger partial charge in [-0.2, -0.15) is 0 Å². The minimum absolute atomic E-state index is 0.0150. The highest BCUT2D eigenvalue weighted by molar-refractivity contribution is 6.06. The largest absolute Gasteiger partial charge is 0.355 e. The molecule has 2 fully saturated rings. The predicted molar refractivity (Wildman–Crippen MR) is 97.0 cm³/mol. The molecule has 0 aromatic carbocycles. The number of likely N-dealkylation sites (tertiary alicyclic amines) is 1. The number of hydrogen-bond acceptors (Lipinski definition) is 4. The Hall–Kier alpha value is -1.89. The molecule has 0 radical (unpaired) electrons. The molecule has 138 valence electrons. The number of carbonyl (C=O) groups excluding carboxylic acids is 2. The van der Waals surface area contributed by atoms with Crippen LogP contribution in [0.2, 0.25) is 0 Å². The van der Waals surface area contributed by atoms with Gasteiger partial charge in [-0.05, 0) is 31.8 Å². The van der Waals surface area contributed by atoms with Crippen molar-refractivity contribution in [2.24, 2.45) is 28.7 Å². The quantitative estimate of drug-likeness (QED) is 0.291. The smallest absolute Gasteiger partial charge is 0.233 e. The van der Waals surface area contributed by atoms with Gasteiger partial charge in [0.25, 0.3) is 0 Å². The number of hydrogen-bond donors (Lipinski definition) is 2. The molecule has 3 aliphatic rings. The third kappa shape index (κ3) is 3.42. The molecule has 0 spiro atoms. The van der Waals surface area contributed by atoms with E-state index in [1.165, 1.54) is 4.90 Å². The molecule has 3 rings (SSSR count). The number of aliphatic imine (C=N–C) groups is 1. The second-order valence-corrected chi connectivity index (χ2v) is 7.15. The lowest BCUT2D eigenvalue weighted by molar-refractivity contribution is -0.140. The fourth-order valence-electron chi connectivity index (χ4n) is 4.21. The maximum absolute atomic E-state index is 12.6. The monoisotopic (exact) mass is 347 g/mol. The molecular formula is C18H29N5O2. The van der Waals surface area contributed by atoms with Gasteiger partial charge >= 0.3 is 0 Å². The number of rotatable bonds is 7. The summed E-state index contributed by atoms with van der Waals surface area (Å²) in [5, 5.41) is 6.44. The van der Waals surface area contributed by atoms with Crippen LogP contribution in [-0.2, 0) is 9.59 Å². The van der Waals surface area contributed by atoms with Gasteiger partial charge in [0.15, 0.2) is 5.96 Å². The first-order valence-corrected chi connectivity index (χ1v) is 9.23. The fourth-order valence-corrected chi connectivity index (χ4v) is 4.21. The van der Waals surface area contributed by atoms with Crippen molar-refractivity contribution in [1.29, 1.82) is 0 Å². The number of fused-ring (bicyclic) bond motifs is 5. The summed E-state index contributed by atoms with van der Waals surface area (Å²) in [6.45, 7) is 5.77. The van der Waals surface area contributed by atoms with Crippen molar-refractivity contribution in [3.8, 4) is 0 Å². The first-order valence-electron chi connectivity index (χ1n) is 9.23. The molecule has 1 heterocycles. The van der Waals surface area contributed by atoms with Crippen molar-refractivity contribution in [3.63, 3.8) is 0 Å². The zero-order chi connectivity index (χ0) is 18.0. The average Bonchev–Trinajstić information content (AvgIpc) is 3.29. The summed E-state index contributed by atoms with van der Waals surface area (Å²) in [6, 6.07) is 0. The molecule has 1 aliphatic heterocycles. The highest BCUT2D eigenvalue weighted by Crippen LogP contribution is 2.52. The average molecular weight is 347 g/mol. The van der Waals surface area contributed by atoms with Gasteiger partial charge in [0.1, 0.15) is 0 Å². The second-order valence-electron chi connectivity index (χ2n) is 7.15. The lowest BCUT2D eigenvalue weighted by Crippen LogP contribution is -2.45. The lowest BCUT2D eigenvalue weighted by atomic mass is 9.85. The van der Waals surface area contributed by atoms with Crippen LogP contribution in [-0.4, -0.2) is 74.4 Å². The summed E-state index contributed by atoms with van der Waals surface area (Å²) in [5.74, 6) is 1.06. The van der Waals surface area contributed by atoms with E-state index in [-0.39, 0.29) is 35.5 Å². The third-order valence-corrected chi connectivity index (χ3v) is 5.74. The first-order chi connectivity index (χ1) is 12.1. The number of amides is 2. The van der Waals surface area contributed by atoms with E-state index in [1.54, 1.807) is 7.05 Å². The molecule has 2 N–H and O–H groups in total. The molecule has 0 aromatic heterocycles. The summed E-state index contributed by atoms with van der Waals surface area (Å²) in [7, 11) is 3.79. The highest BCUT2D eigenvalue weighted by Gasteiger charge is 2.58. The van der Waals surface area contributed by atoms with Crippen LogP contribution in [0.3, 0.4) is 0 Å². The maximum Gasteiger partial charge on any atom is 0.233 e. The second kappa shape index (κ2) is 7.56. The van der Waals surface area contributed by atoms with Crippen LogP contribution in [0.1, 0.15) is 13.3 Å². The Morgan fingerprint density at radius 3 is 2.36 bits per heavy atom. The molecule has 2 amide bonds. The molecule has 0 aromatic rings. The zero-order valence-corrected chi connectivity index (χ0v) is 15.4. The summed E-state index contributed by atoms with van der Waals surface area (Å²) in [4.78, 5) is 33.1. The van der Waals surface area contributed by atoms with Crippen molar-refractivity contribution >= 4 is 17.8 Å². The van der Waals surface area contributed by atoms with E-state index in [1.807, 2.05) is 0 Å². The van der Waals surface area contributed by atoms with Crippen LogP contribution in [0.15, 0.2) is 17.1 Å². The van der Waals surface area contributed by atoms with Gasteiger partial charge in [-0.1, -0.05) is 19.1 Å². The summed E-state index contributed by atoms with van der Waals surface area (Å²) in [6.07, 6.45) is 5.22. The molecular weight excluding hydrogens is 318 g/mol. The number of imide groups is 1. The van der Waals surface area contributed by atoms with Gasteiger partial charge in [-0.3, -0.25) is 19.5 Å². The van der Waals surface area contributed by atoms with E-state index >= 15 is 0 Å². The van der Waals surface area contributed by atoms with Crippen molar-refractivity contribution in [3.05, 3.63) is 12.2 Å². The SMILES string of the molecule is CCN(C)CCNC(=NC)NCCN1C(=O)C2C3C=CC(C3)C2C1=O. The normalized spacial score (nSPS) is 30.6. The Kier molecular flexibility index (Phi) is 5.42. The first kappa shape index (κ1) is 17.9. The molecule has 4 unspecified atom stereocenters. The number of carbonyl (C=O) groups is 2. The van der Waals surface area contributed by atoms with Crippen LogP contribution in [0.4, 0.5) is 0 Å². The maximum atomic E-state index is 12.6. The highest BCUT2D eigenvalue weighted by atomic mass is 16.2. The number of nitrogens with one attached hydrogen (secondary N) is 2. The van der Waals surface area contributed by atoms with E-state index in [0.717, 1.165) is 26.1 Å². The van der Waals surface area contributed by atoms with Crippen molar-refractivity contribution < 1.29 is 9.59 Å². The molecule has 2 bridgehead atoms. The van der Waals surface area contributed by atoms with Gasteiger partial charge in [-0.25, -0.2) is 0 Å². The Bertz CT molecular complexity index is 558. The van der Waals surface area contributed by atoms with E-state index in [2.05, 4.69) is 46.6 Å². The van der Waals surface area contributed by atoms with Gasteiger partial charge in [0.2, 0.25) is 11.8 Å². The van der Waals surface area contributed by atoms with Crippen LogP contribution in [0, 0.1) is 23.7 Å². The minimum atomic E-state index is -0.107. The van der Waals surface area contributed by atoms with E-state index < -0.39 is 0 Å². The zero-order valence-electron chi connectivity index (χ0n) is 15.4. The van der Waals surface area contributed by atoms with Crippen molar-refractivity contribution in [2.45, 2.75) is 13.3 Å². The predicted octanol–water partition coefficient (Wildman–Crippen LogP) is -0.0898. The Balaban J connectivity index is 1.44. The van der Waals surface area contributed by atoms with Gasteiger partial charge in [0, 0.05) is 33.2 Å². The van der Waals surface area contributed by atoms with Crippen molar-refractivity contribution in [1.82, 2.24) is 20.4 Å². The number of guanidine groups is 1. The molecule has 4 atom stereocenters. The van der Waals surface area contributed by atoms with Gasteiger partial charge in [0.05, 0.1) is 11.8 Å². The number of nitrogens with zero attached hydrogens (tertiary/aromatic N) is 3. The van der Waals surface area contributed by atoms with E-state index in [4.69, 9.17) is 0 Å². The van der Waals surface area contributed by atoms with Crippen LogP contribution in [0.5, 0.6) is 0 Å². The number of likely N-dealkylation sites (N-methyl/N-ethyl adjacent to an activating group) is 1. The number of allylic oxidation sites excluding steroid dienone is 2. The van der Waals surface area contributed by atoms with Crippen LogP contribution in [0.25, 0.3) is 0 Å². The van der Waals surface area contributed by atoms with Crippen LogP contribution < -0.4 is 10.6 Å². The molecule has 25 heavy (non-hydrogen) atoms. The van der Waals surface area contributed by atoms with Crippen molar-refractivity contribution in [2.75, 3.05) is 46.8 Å². The lowest BCUT2D eigenvalue weighted by Gasteiger charge is -2.19. The van der Waals surface area contributed by atoms with E-state index in [0.29, 0.717) is 19.0 Å². The minimum Gasteiger partial charge on any atom is -0.355 e. The third-order valence-electron chi connectivity index (χ3n) is 5.74. The Labute approximate surface area is 149 Å².